The Bertz CT molecular complexity index is 211. The first-order valence-electron chi connectivity index (χ1n) is 2.73. The molecule has 1 aromatic heterocycles. The summed E-state index contributed by atoms with van der Waals surface area (Å²) in [6.07, 6.45) is -0.570. The number of thiophene rings is 1. The molecule has 0 amide bonds. The highest BCUT2D eigenvalue weighted by Gasteiger charge is 2.07. The van der Waals surface area contributed by atoms with Crippen LogP contribution in [-0.2, 0) is 0 Å². The van der Waals surface area contributed by atoms with Crippen molar-refractivity contribution in [3.63, 3.8) is 0 Å². The molecule has 0 aromatic carbocycles. The summed E-state index contributed by atoms with van der Waals surface area (Å²) < 4.78 is 0.680. The van der Waals surface area contributed by atoms with Crippen LogP contribution in [0.5, 0.6) is 0 Å². The summed E-state index contributed by atoms with van der Waals surface area (Å²) in [6.45, 7) is 0. The number of rotatable bonds is 2. The SMILES string of the molecule is O[C@@H](CCl)c1ccc(Cl)s1. The van der Waals surface area contributed by atoms with Crippen molar-refractivity contribution in [1.29, 1.82) is 0 Å². The summed E-state index contributed by atoms with van der Waals surface area (Å²) in [7, 11) is 0. The standard InChI is InChI=1S/C6H6Cl2OS/c7-3-4(9)5-1-2-6(8)10-5/h1-2,4,9H,3H2/t4-/m0/s1. The fourth-order valence-corrected chi connectivity index (χ4v) is 1.89. The maximum absolute atomic E-state index is 9.16. The number of aliphatic hydroxyl groups is 1. The van der Waals surface area contributed by atoms with Gasteiger partial charge in [0.1, 0.15) is 6.10 Å². The van der Waals surface area contributed by atoms with Crippen LogP contribution >= 0.6 is 34.5 Å². The molecule has 0 saturated heterocycles. The van der Waals surface area contributed by atoms with Crippen LogP contribution in [0.4, 0.5) is 0 Å². The highest BCUT2D eigenvalue weighted by molar-refractivity contribution is 7.16. The van der Waals surface area contributed by atoms with E-state index in [2.05, 4.69) is 0 Å². The Labute approximate surface area is 73.2 Å². The molecule has 1 N–H and O–H groups in total. The van der Waals surface area contributed by atoms with E-state index in [4.69, 9.17) is 28.3 Å². The van der Waals surface area contributed by atoms with Gasteiger partial charge in [0.2, 0.25) is 0 Å². The Kier molecular flexibility index (Phi) is 2.98. The summed E-state index contributed by atoms with van der Waals surface area (Å²) in [5.41, 5.74) is 0. The Hall–Kier alpha value is 0.240. The highest BCUT2D eigenvalue weighted by Crippen LogP contribution is 2.27. The van der Waals surface area contributed by atoms with E-state index in [9.17, 15) is 0 Å². The van der Waals surface area contributed by atoms with Crippen molar-refractivity contribution in [2.75, 3.05) is 5.88 Å². The Balaban J connectivity index is 2.74. The van der Waals surface area contributed by atoms with Gasteiger partial charge in [-0.25, -0.2) is 0 Å². The molecule has 0 unspecified atom stereocenters. The first-order valence-corrected chi connectivity index (χ1v) is 4.46. The number of hydrogen-bond donors (Lipinski definition) is 1. The Morgan fingerprint density at radius 3 is 2.70 bits per heavy atom. The monoisotopic (exact) mass is 196 g/mol. The third kappa shape index (κ3) is 1.86. The molecule has 10 heavy (non-hydrogen) atoms. The number of hydrogen-bond acceptors (Lipinski definition) is 2. The molecule has 0 saturated carbocycles. The van der Waals surface area contributed by atoms with Gasteiger partial charge in [0.25, 0.3) is 0 Å². The fraction of sp³-hybridized carbons (Fsp3) is 0.333. The van der Waals surface area contributed by atoms with Crippen LogP contribution in [0.25, 0.3) is 0 Å². The molecule has 0 radical (unpaired) electrons. The van der Waals surface area contributed by atoms with Crippen molar-refractivity contribution < 1.29 is 5.11 Å². The zero-order chi connectivity index (χ0) is 7.56. The van der Waals surface area contributed by atoms with E-state index < -0.39 is 6.10 Å². The van der Waals surface area contributed by atoms with Crippen LogP contribution in [-0.4, -0.2) is 11.0 Å². The van der Waals surface area contributed by atoms with E-state index in [1.54, 1.807) is 12.1 Å². The molecule has 0 aliphatic carbocycles. The first kappa shape index (κ1) is 8.34. The first-order chi connectivity index (χ1) is 4.74. The molecule has 1 aromatic rings. The average Bonchev–Trinajstić information content (AvgIpc) is 2.34. The van der Waals surface area contributed by atoms with Crippen LogP contribution < -0.4 is 0 Å². The molecule has 56 valence electrons. The molecule has 0 spiro atoms. The maximum Gasteiger partial charge on any atom is 0.102 e. The highest BCUT2D eigenvalue weighted by atomic mass is 35.5. The van der Waals surface area contributed by atoms with E-state index in [-0.39, 0.29) is 5.88 Å². The van der Waals surface area contributed by atoms with Crippen molar-refractivity contribution in [2.24, 2.45) is 0 Å². The molecule has 0 aliphatic rings. The van der Waals surface area contributed by atoms with Crippen molar-refractivity contribution >= 4 is 34.5 Å². The van der Waals surface area contributed by atoms with Crippen LogP contribution in [0.3, 0.4) is 0 Å². The molecule has 0 bridgehead atoms. The smallest absolute Gasteiger partial charge is 0.102 e. The summed E-state index contributed by atoms with van der Waals surface area (Å²) in [5.74, 6) is 0.219. The normalized spacial score (nSPS) is 13.5. The van der Waals surface area contributed by atoms with Crippen LogP contribution in [0.1, 0.15) is 11.0 Å². The minimum atomic E-state index is -0.570. The van der Waals surface area contributed by atoms with E-state index >= 15 is 0 Å². The van der Waals surface area contributed by atoms with E-state index in [0.29, 0.717) is 4.34 Å². The number of alkyl halides is 1. The lowest BCUT2D eigenvalue weighted by molar-refractivity contribution is 0.206. The van der Waals surface area contributed by atoms with Gasteiger partial charge in [0.15, 0.2) is 0 Å². The molecule has 1 atom stereocenters. The maximum atomic E-state index is 9.16. The largest absolute Gasteiger partial charge is 0.386 e. The van der Waals surface area contributed by atoms with Gasteiger partial charge in [0.05, 0.1) is 10.2 Å². The average molecular weight is 197 g/mol. The zero-order valence-electron chi connectivity index (χ0n) is 5.05. The Morgan fingerprint density at radius 2 is 2.30 bits per heavy atom. The van der Waals surface area contributed by atoms with Gasteiger partial charge in [-0.1, -0.05) is 11.6 Å². The fourth-order valence-electron chi connectivity index (χ4n) is 0.583. The molecule has 1 nitrogen and oxygen atoms in total. The third-order valence-corrected chi connectivity index (χ3v) is 2.69. The Morgan fingerprint density at radius 1 is 1.60 bits per heavy atom. The summed E-state index contributed by atoms with van der Waals surface area (Å²) >= 11 is 12.4. The zero-order valence-corrected chi connectivity index (χ0v) is 7.38. The predicted octanol–water partition coefficient (Wildman–Crippen LogP) is 2.67. The van der Waals surface area contributed by atoms with Gasteiger partial charge in [0, 0.05) is 4.88 Å². The molecular weight excluding hydrogens is 191 g/mol. The van der Waals surface area contributed by atoms with E-state index in [0.717, 1.165) is 4.88 Å². The molecule has 0 aliphatic heterocycles. The lowest BCUT2D eigenvalue weighted by Crippen LogP contribution is -1.93. The van der Waals surface area contributed by atoms with E-state index in [1.165, 1.54) is 11.3 Å². The molecular formula is C6H6Cl2OS. The molecule has 1 rings (SSSR count). The molecule has 0 fully saturated rings. The topological polar surface area (TPSA) is 20.2 Å². The van der Waals surface area contributed by atoms with Gasteiger partial charge in [-0.15, -0.1) is 22.9 Å². The van der Waals surface area contributed by atoms with Crippen molar-refractivity contribution in [3.8, 4) is 0 Å². The summed E-state index contributed by atoms with van der Waals surface area (Å²) in [6, 6.07) is 3.53. The summed E-state index contributed by atoms with van der Waals surface area (Å²) in [4.78, 5) is 0.819. The second kappa shape index (κ2) is 3.58. The van der Waals surface area contributed by atoms with Crippen molar-refractivity contribution in [3.05, 3.63) is 21.3 Å². The second-order valence-electron chi connectivity index (χ2n) is 1.81. The third-order valence-electron chi connectivity index (χ3n) is 1.07. The quantitative estimate of drug-likeness (QED) is 0.722. The van der Waals surface area contributed by atoms with Crippen LogP contribution in [0.15, 0.2) is 12.1 Å². The number of halogens is 2. The lowest BCUT2D eigenvalue weighted by Gasteiger charge is -2.00. The summed E-state index contributed by atoms with van der Waals surface area (Å²) in [5, 5.41) is 9.16. The van der Waals surface area contributed by atoms with Gasteiger partial charge >= 0.3 is 0 Å². The van der Waals surface area contributed by atoms with Crippen LogP contribution in [0.2, 0.25) is 4.34 Å². The van der Waals surface area contributed by atoms with Crippen molar-refractivity contribution in [1.82, 2.24) is 0 Å². The molecule has 1 heterocycles. The van der Waals surface area contributed by atoms with Crippen molar-refractivity contribution in [2.45, 2.75) is 6.10 Å². The van der Waals surface area contributed by atoms with Gasteiger partial charge in [-0.3, -0.25) is 0 Å². The second-order valence-corrected chi connectivity index (χ2v) is 3.87. The minimum Gasteiger partial charge on any atom is -0.386 e. The van der Waals surface area contributed by atoms with Crippen LogP contribution in [0, 0.1) is 0 Å². The van der Waals surface area contributed by atoms with E-state index in [1.807, 2.05) is 0 Å². The van der Waals surface area contributed by atoms with Gasteiger partial charge in [-0.05, 0) is 12.1 Å². The lowest BCUT2D eigenvalue weighted by atomic mass is 10.3. The van der Waals surface area contributed by atoms with Gasteiger partial charge in [-0.2, -0.15) is 0 Å². The molecule has 4 heteroatoms. The van der Waals surface area contributed by atoms with Gasteiger partial charge < -0.3 is 5.11 Å². The predicted molar refractivity (Wildman–Crippen MR) is 45.0 cm³/mol. The number of aliphatic hydroxyl groups excluding tert-OH is 1. The minimum absolute atomic E-state index is 0.219.